The Labute approximate surface area is 190 Å². The zero-order valence-corrected chi connectivity index (χ0v) is 19.8. The molecular formula is C22H26BrClN2O2S. The average molecular weight is 498 g/mol. The Morgan fingerprint density at radius 2 is 1.79 bits per heavy atom. The van der Waals surface area contributed by atoms with Gasteiger partial charge in [0.1, 0.15) is 6.04 Å². The molecule has 0 bridgehead atoms. The van der Waals surface area contributed by atoms with Crippen LogP contribution in [0.1, 0.15) is 32.3 Å². The first-order chi connectivity index (χ1) is 13.9. The van der Waals surface area contributed by atoms with E-state index in [9.17, 15) is 9.59 Å². The number of unbranched alkanes of at least 4 members (excludes halogenated alkanes) is 1. The van der Waals surface area contributed by atoms with Crippen molar-refractivity contribution in [2.24, 2.45) is 0 Å². The van der Waals surface area contributed by atoms with E-state index in [1.54, 1.807) is 24.0 Å². The van der Waals surface area contributed by atoms with Crippen LogP contribution >= 0.6 is 39.3 Å². The summed E-state index contributed by atoms with van der Waals surface area (Å²) in [6.45, 7) is 4.87. The predicted octanol–water partition coefficient (Wildman–Crippen LogP) is 5.53. The molecule has 156 valence electrons. The molecule has 1 atom stereocenters. The number of carbonyl (C=O) groups excluding carboxylic acids is 2. The second-order valence-corrected chi connectivity index (χ2v) is 9.11. The molecule has 2 amide bonds. The van der Waals surface area contributed by atoms with Crippen molar-refractivity contribution in [3.8, 4) is 0 Å². The SMILES string of the molecule is CCCCNC(=O)C(C)N(Cc1ccc(Br)cc1)C(=O)CSc1ccc(Cl)cc1. The van der Waals surface area contributed by atoms with Crippen LogP contribution in [-0.2, 0) is 16.1 Å². The summed E-state index contributed by atoms with van der Waals surface area (Å²) in [6.07, 6.45) is 1.93. The van der Waals surface area contributed by atoms with Crippen molar-refractivity contribution < 1.29 is 9.59 Å². The summed E-state index contributed by atoms with van der Waals surface area (Å²) in [6, 6.07) is 14.6. The molecule has 1 N–H and O–H groups in total. The number of nitrogens with one attached hydrogen (secondary N) is 1. The molecule has 29 heavy (non-hydrogen) atoms. The van der Waals surface area contributed by atoms with Crippen LogP contribution < -0.4 is 5.32 Å². The molecule has 1 unspecified atom stereocenters. The molecule has 2 aromatic rings. The van der Waals surface area contributed by atoms with Crippen LogP contribution in [0.15, 0.2) is 57.9 Å². The van der Waals surface area contributed by atoms with Crippen molar-refractivity contribution in [1.29, 1.82) is 0 Å². The fourth-order valence-corrected chi connectivity index (χ4v) is 3.84. The summed E-state index contributed by atoms with van der Waals surface area (Å²) in [5, 5.41) is 3.59. The lowest BCUT2D eigenvalue weighted by atomic mass is 10.1. The van der Waals surface area contributed by atoms with E-state index in [-0.39, 0.29) is 17.6 Å². The molecule has 7 heteroatoms. The molecule has 0 heterocycles. The molecule has 0 aliphatic rings. The van der Waals surface area contributed by atoms with E-state index in [1.165, 1.54) is 11.8 Å². The maximum absolute atomic E-state index is 13.0. The van der Waals surface area contributed by atoms with Gasteiger partial charge in [0.05, 0.1) is 5.75 Å². The van der Waals surface area contributed by atoms with E-state index in [2.05, 4.69) is 28.2 Å². The van der Waals surface area contributed by atoms with Gasteiger partial charge in [-0.3, -0.25) is 9.59 Å². The average Bonchev–Trinajstić information content (AvgIpc) is 2.72. The first-order valence-electron chi connectivity index (χ1n) is 9.60. The molecule has 0 aliphatic carbocycles. The highest BCUT2D eigenvalue weighted by Crippen LogP contribution is 2.22. The number of benzene rings is 2. The molecule has 0 saturated heterocycles. The van der Waals surface area contributed by atoms with Crippen molar-refractivity contribution in [3.05, 3.63) is 63.6 Å². The Morgan fingerprint density at radius 3 is 2.41 bits per heavy atom. The molecular weight excluding hydrogens is 472 g/mol. The summed E-state index contributed by atoms with van der Waals surface area (Å²) in [4.78, 5) is 28.2. The zero-order chi connectivity index (χ0) is 21.2. The third kappa shape index (κ3) is 8.03. The van der Waals surface area contributed by atoms with E-state index >= 15 is 0 Å². The molecule has 0 aliphatic heterocycles. The Bertz CT molecular complexity index is 799. The van der Waals surface area contributed by atoms with Gasteiger partial charge in [0.15, 0.2) is 0 Å². The second-order valence-electron chi connectivity index (χ2n) is 6.71. The molecule has 0 spiro atoms. The van der Waals surface area contributed by atoms with Crippen LogP contribution in [0.5, 0.6) is 0 Å². The number of nitrogens with zero attached hydrogens (tertiary/aromatic N) is 1. The minimum absolute atomic E-state index is 0.0778. The lowest BCUT2D eigenvalue weighted by molar-refractivity contribution is -0.138. The van der Waals surface area contributed by atoms with Crippen molar-refractivity contribution >= 4 is 51.1 Å². The van der Waals surface area contributed by atoms with Gasteiger partial charge in [0.25, 0.3) is 0 Å². The minimum Gasteiger partial charge on any atom is -0.354 e. The summed E-state index contributed by atoms with van der Waals surface area (Å²) >= 11 is 10.8. The Hall–Kier alpha value is -1.50. The highest BCUT2D eigenvalue weighted by Gasteiger charge is 2.26. The third-order valence-corrected chi connectivity index (χ3v) is 6.22. The van der Waals surface area contributed by atoms with Gasteiger partial charge >= 0.3 is 0 Å². The quantitative estimate of drug-likeness (QED) is 0.347. The van der Waals surface area contributed by atoms with E-state index in [1.807, 2.05) is 36.4 Å². The monoisotopic (exact) mass is 496 g/mol. The zero-order valence-electron chi connectivity index (χ0n) is 16.7. The molecule has 2 aromatic carbocycles. The lowest BCUT2D eigenvalue weighted by Crippen LogP contribution is -2.48. The van der Waals surface area contributed by atoms with E-state index < -0.39 is 6.04 Å². The Kier molecular flexibility index (Phi) is 10.0. The van der Waals surface area contributed by atoms with E-state index in [4.69, 9.17) is 11.6 Å². The molecule has 0 fully saturated rings. The van der Waals surface area contributed by atoms with Crippen LogP contribution in [0.2, 0.25) is 5.02 Å². The van der Waals surface area contributed by atoms with Gasteiger partial charge in [-0.1, -0.05) is 53.0 Å². The van der Waals surface area contributed by atoms with Gasteiger partial charge < -0.3 is 10.2 Å². The van der Waals surface area contributed by atoms with Crippen molar-refractivity contribution in [2.75, 3.05) is 12.3 Å². The number of rotatable bonds is 10. The standard InChI is InChI=1S/C22H26BrClN2O2S/c1-3-4-13-25-22(28)16(2)26(14-17-5-7-18(23)8-6-17)21(27)15-29-20-11-9-19(24)10-12-20/h5-12,16H,3-4,13-15H2,1-2H3,(H,25,28). The van der Waals surface area contributed by atoms with Gasteiger partial charge in [0.2, 0.25) is 11.8 Å². The van der Waals surface area contributed by atoms with Crippen molar-refractivity contribution in [3.63, 3.8) is 0 Å². The first-order valence-corrected chi connectivity index (χ1v) is 11.8. The van der Waals surface area contributed by atoms with Gasteiger partial charge in [-0.25, -0.2) is 0 Å². The lowest BCUT2D eigenvalue weighted by Gasteiger charge is -2.29. The number of hydrogen-bond acceptors (Lipinski definition) is 3. The summed E-state index contributed by atoms with van der Waals surface area (Å²) in [5.74, 6) is 0.0523. The highest BCUT2D eigenvalue weighted by molar-refractivity contribution is 9.10. The van der Waals surface area contributed by atoms with Gasteiger partial charge in [-0.15, -0.1) is 11.8 Å². The summed E-state index contributed by atoms with van der Waals surface area (Å²) in [7, 11) is 0. The molecule has 0 radical (unpaired) electrons. The topological polar surface area (TPSA) is 49.4 Å². The van der Waals surface area contributed by atoms with Crippen LogP contribution in [0.25, 0.3) is 0 Å². The smallest absolute Gasteiger partial charge is 0.242 e. The van der Waals surface area contributed by atoms with Crippen molar-refractivity contribution in [1.82, 2.24) is 10.2 Å². The fraction of sp³-hybridized carbons (Fsp3) is 0.364. The van der Waals surface area contributed by atoms with Crippen LogP contribution in [0, 0.1) is 0 Å². The Morgan fingerprint density at radius 1 is 1.14 bits per heavy atom. The van der Waals surface area contributed by atoms with Crippen molar-refractivity contribution in [2.45, 2.75) is 44.2 Å². The predicted molar refractivity (Wildman–Crippen MR) is 124 cm³/mol. The Balaban J connectivity index is 2.08. The van der Waals surface area contributed by atoms with Gasteiger partial charge in [0, 0.05) is 27.5 Å². The molecule has 2 rings (SSSR count). The number of thioether (sulfide) groups is 1. The first kappa shape index (κ1) is 23.8. The van der Waals surface area contributed by atoms with Gasteiger partial charge in [-0.2, -0.15) is 0 Å². The maximum Gasteiger partial charge on any atom is 0.242 e. The summed E-state index contributed by atoms with van der Waals surface area (Å²) in [5.41, 5.74) is 0.978. The normalized spacial score (nSPS) is 11.7. The van der Waals surface area contributed by atoms with Crippen LogP contribution in [0.3, 0.4) is 0 Å². The van der Waals surface area contributed by atoms with Crippen LogP contribution in [-0.4, -0.2) is 35.1 Å². The van der Waals surface area contributed by atoms with E-state index in [0.29, 0.717) is 18.1 Å². The van der Waals surface area contributed by atoms with E-state index in [0.717, 1.165) is 27.8 Å². The number of carbonyl (C=O) groups is 2. The largest absolute Gasteiger partial charge is 0.354 e. The number of hydrogen-bond donors (Lipinski definition) is 1. The summed E-state index contributed by atoms with van der Waals surface area (Å²) < 4.78 is 0.975. The number of halogens is 2. The molecule has 0 aromatic heterocycles. The maximum atomic E-state index is 13.0. The minimum atomic E-state index is -0.547. The second kappa shape index (κ2) is 12.3. The number of amides is 2. The third-order valence-electron chi connectivity index (χ3n) is 4.44. The van der Waals surface area contributed by atoms with Gasteiger partial charge in [-0.05, 0) is 55.3 Å². The molecule has 0 saturated carbocycles. The van der Waals surface area contributed by atoms with Crippen LogP contribution in [0.4, 0.5) is 0 Å². The fourth-order valence-electron chi connectivity index (χ4n) is 2.66. The highest BCUT2D eigenvalue weighted by atomic mass is 79.9. The molecule has 4 nitrogen and oxygen atoms in total.